The molecule has 20 heavy (non-hydrogen) atoms. The number of hydrogen-bond acceptors (Lipinski definition) is 7. The van der Waals surface area contributed by atoms with E-state index in [9.17, 15) is 9.90 Å². The number of aliphatic hydroxyl groups excluding tert-OH is 1. The Morgan fingerprint density at radius 1 is 1.25 bits per heavy atom. The fraction of sp³-hybridized carbons (Fsp3) is 0.417. The van der Waals surface area contributed by atoms with Crippen LogP contribution in [-0.4, -0.2) is 47.7 Å². The number of hydrogen-bond donors (Lipinski definition) is 1. The summed E-state index contributed by atoms with van der Waals surface area (Å²) in [5.41, 5.74) is 1.28. The van der Waals surface area contributed by atoms with Gasteiger partial charge in [-0.1, -0.05) is 0 Å². The molecule has 0 saturated carbocycles. The van der Waals surface area contributed by atoms with Crippen LogP contribution in [0, 0.1) is 0 Å². The maximum Gasteiger partial charge on any atom is 0.416 e. The molecule has 3 rings (SSSR count). The Bertz CT molecular complexity index is 554. The Hall–Kier alpha value is -2.35. The first kappa shape index (κ1) is 12.7. The number of carbonyl (C=O) groups excluding carboxylic acids is 1. The number of allylic oxidation sites excluding steroid dienone is 2. The molecule has 0 aromatic carbocycles. The third-order valence-electron chi connectivity index (χ3n) is 3.19. The van der Waals surface area contributed by atoms with Crippen molar-refractivity contribution in [3.63, 3.8) is 0 Å². The zero-order valence-electron chi connectivity index (χ0n) is 10.6. The van der Waals surface area contributed by atoms with Gasteiger partial charge in [0.25, 0.3) is 0 Å². The normalized spacial score (nSPS) is 21.9. The van der Waals surface area contributed by atoms with Crippen LogP contribution in [0.15, 0.2) is 43.7 Å². The summed E-state index contributed by atoms with van der Waals surface area (Å²) in [5.74, 6) is 0.150. The fourth-order valence-corrected chi connectivity index (χ4v) is 2.03. The second-order valence-electron chi connectivity index (χ2n) is 4.60. The van der Waals surface area contributed by atoms with Crippen molar-refractivity contribution >= 4 is 18.5 Å². The van der Waals surface area contributed by atoms with E-state index < -0.39 is 6.09 Å². The van der Waals surface area contributed by atoms with Gasteiger partial charge in [-0.05, 0) is 12.8 Å². The standard InChI is InChI=1S/C12H13N5O3/c18-9-1-3-17(4-2-9)12(19)20-11-5-10(15-16-11)8-6-13-14-7-8/h5-7,9,18H,1-4H2. The number of nitrogens with zero attached hydrogens (tertiary/aromatic N) is 5. The van der Waals surface area contributed by atoms with E-state index in [0.717, 1.165) is 5.57 Å². The fourth-order valence-electron chi connectivity index (χ4n) is 2.03. The predicted molar refractivity (Wildman–Crippen MR) is 70.2 cm³/mol. The average Bonchev–Trinajstić information content (AvgIpc) is 3.09. The summed E-state index contributed by atoms with van der Waals surface area (Å²) >= 11 is 0. The van der Waals surface area contributed by atoms with Gasteiger partial charge >= 0.3 is 6.09 Å². The predicted octanol–water partition coefficient (Wildman–Crippen LogP) is 1.21. The highest BCUT2D eigenvalue weighted by Gasteiger charge is 2.24. The lowest BCUT2D eigenvalue weighted by Gasteiger charge is -2.28. The van der Waals surface area contributed by atoms with Gasteiger partial charge in [0.15, 0.2) is 0 Å². The molecule has 0 aliphatic carbocycles. The highest BCUT2D eigenvalue weighted by Crippen LogP contribution is 2.21. The molecule has 1 saturated heterocycles. The second-order valence-corrected chi connectivity index (χ2v) is 4.60. The zero-order chi connectivity index (χ0) is 13.9. The van der Waals surface area contributed by atoms with Gasteiger partial charge in [-0.25, -0.2) is 4.79 Å². The molecule has 0 aromatic rings. The van der Waals surface area contributed by atoms with Gasteiger partial charge in [-0.3, -0.25) is 0 Å². The first-order chi connectivity index (χ1) is 9.72. The third kappa shape index (κ3) is 2.64. The van der Waals surface area contributed by atoms with Gasteiger partial charge in [-0.15, -0.1) is 10.2 Å². The maximum absolute atomic E-state index is 11.9. The van der Waals surface area contributed by atoms with Crippen molar-refractivity contribution in [1.29, 1.82) is 0 Å². The highest BCUT2D eigenvalue weighted by atomic mass is 16.6. The van der Waals surface area contributed by atoms with Gasteiger partial charge in [0.05, 0.1) is 18.5 Å². The van der Waals surface area contributed by atoms with Crippen LogP contribution in [0.1, 0.15) is 12.8 Å². The number of amides is 1. The van der Waals surface area contributed by atoms with E-state index in [1.807, 2.05) is 0 Å². The van der Waals surface area contributed by atoms with Gasteiger partial charge in [0.2, 0.25) is 5.88 Å². The molecule has 104 valence electrons. The Morgan fingerprint density at radius 2 is 1.95 bits per heavy atom. The summed E-state index contributed by atoms with van der Waals surface area (Å²) in [6, 6.07) is 0. The largest absolute Gasteiger partial charge is 0.416 e. The highest BCUT2D eigenvalue weighted by molar-refractivity contribution is 6.07. The molecule has 3 heterocycles. The van der Waals surface area contributed by atoms with Gasteiger partial charge in [0, 0.05) is 24.7 Å². The van der Waals surface area contributed by atoms with E-state index in [-0.39, 0.29) is 12.0 Å². The van der Waals surface area contributed by atoms with E-state index >= 15 is 0 Å². The summed E-state index contributed by atoms with van der Waals surface area (Å²) in [6.45, 7) is 0.968. The van der Waals surface area contributed by atoms with Crippen molar-refractivity contribution in [2.45, 2.75) is 18.9 Å². The molecule has 8 nitrogen and oxygen atoms in total. The van der Waals surface area contributed by atoms with Crippen LogP contribution >= 0.6 is 0 Å². The average molecular weight is 275 g/mol. The van der Waals surface area contributed by atoms with Crippen LogP contribution in [0.2, 0.25) is 0 Å². The molecular formula is C12H13N5O3. The van der Waals surface area contributed by atoms with E-state index in [2.05, 4.69) is 20.4 Å². The van der Waals surface area contributed by atoms with Gasteiger partial charge < -0.3 is 14.7 Å². The Balaban J connectivity index is 1.62. The van der Waals surface area contributed by atoms with E-state index in [1.165, 1.54) is 0 Å². The van der Waals surface area contributed by atoms with Crippen molar-refractivity contribution in [2.75, 3.05) is 13.1 Å². The minimum Gasteiger partial charge on any atom is -0.393 e. The molecule has 0 unspecified atom stereocenters. The lowest BCUT2D eigenvalue weighted by molar-refractivity contribution is 0.0704. The number of ether oxygens (including phenoxy) is 1. The number of azo groups is 1. The lowest BCUT2D eigenvalue weighted by Crippen LogP contribution is -2.40. The molecule has 0 aromatic heterocycles. The first-order valence-corrected chi connectivity index (χ1v) is 6.31. The molecule has 3 aliphatic heterocycles. The van der Waals surface area contributed by atoms with Crippen molar-refractivity contribution in [2.24, 2.45) is 20.4 Å². The van der Waals surface area contributed by atoms with Crippen LogP contribution in [-0.2, 0) is 4.74 Å². The van der Waals surface area contributed by atoms with Crippen molar-refractivity contribution in [3.05, 3.63) is 23.2 Å². The van der Waals surface area contributed by atoms with Crippen LogP contribution in [0.3, 0.4) is 0 Å². The number of carbonyl (C=O) groups is 1. The quantitative estimate of drug-likeness (QED) is 0.778. The SMILES string of the molecule is O=C(OC1=CC(=C2C=NN=C2)N=N1)N1CCC(O)CC1. The zero-order valence-corrected chi connectivity index (χ0v) is 10.6. The minimum atomic E-state index is -0.470. The monoisotopic (exact) mass is 275 g/mol. The minimum absolute atomic E-state index is 0.150. The van der Waals surface area contributed by atoms with Crippen LogP contribution in [0.25, 0.3) is 0 Å². The summed E-state index contributed by atoms with van der Waals surface area (Å²) < 4.78 is 5.16. The summed E-state index contributed by atoms with van der Waals surface area (Å²) in [5, 5.41) is 24.5. The van der Waals surface area contributed by atoms with Crippen LogP contribution < -0.4 is 0 Å². The van der Waals surface area contributed by atoms with E-state index in [0.29, 0.717) is 31.6 Å². The Morgan fingerprint density at radius 3 is 2.65 bits per heavy atom. The molecule has 8 heteroatoms. The number of likely N-dealkylation sites (tertiary alicyclic amines) is 1. The molecule has 0 spiro atoms. The smallest absolute Gasteiger partial charge is 0.393 e. The summed E-state index contributed by atoms with van der Waals surface area (Å²) in [7, 11) is 0. The van der Waals surface area contributed by atoms with Crippen molar-refractivity contribution < 1.29 is 14.6 Å². The van der Waals surface area contributed by atoms with E-state index in [1.54, 1.807) is 23.4 Å². The van der Waals surface area contributed by atoms with Gasteiger partial charge in [0.1, 0.15) is 5.70 Å². The molecule has 1 amide bonds. The molecule has 0 atom stereocenters. The summed E-state index contributed by atoms with van der Waals surface area (Å²) in [6.07, 6.45) is 5.01. The van der Waals surface area contributed by atoms with Crippen molar-refractivity contribution in [3.8, 4) is 0 Å². The molecule has 1 N–H and O–H groups in total. The van der Waals surface area contributed by atoms with Crippen LogP contribution in [0.4, 0.5) is 4.79 Å². The topological polar surface area (TPSA) is 99.2 Å². The third-order valence-corrected chi connectivity index (χ3v) is 3.19. The van der Waals surface area contributed by atoms with Crippen LogP contribution in [0.5, 0.6) is 0 Å². The first-order valence-electron chi connectivity index (χ1n) is 6.31. The van der Waals surface area contributed by atoms with Crippen molar-refractivity contribution in [1.82, 2.24) is 4.90 Å². The number of rotatable bonds is 1. The molecule has 3 aliphatic rings. The number of piperidine rings is 1. The molecule has 1 fully saturated rings. The molecule has 0 bridgehead atoms. The second kappa shape index (κ2) is 5.33. The van der Waals surface area contributed by atoms with Gasteiger partial charge in [-0.2, -0.15) is 10.2 Å². The Kier molecular flexibility index (Phi) is 3.38. The maximum atomic E-state index is 11.9. The van der Waals surface area contributed by atoms with E-state index in [4.69, 9.17) is 4.74 Å². The number of aliphatic hydroxyl groups is 1. The lowest BCUT2D eigenvalue weighted by atomic mass is 10.1. The summed E-state index contributed by atoms with van der Waals surface area (Å²) in [4.78, 5) is 13.4. The molecular weight excluding hydrogens is 262 g/mol. The molecule has 0 radical (unpaired) electrons. The Labute approximate surface area is 114 Å².